The number of hydrogen-bond donors (Lipinski definition) is 4. The van der Waals surface area contributed by atoms with Crippen molar-refractivity contribution >= 4 is 58.4 Å². The van der Waals surface area contributed by atoms with Crippen LogP contribution in [0, 0.1) is 33.9 Å². The van der Waals surface area contributed by atoms with Gasteiger partial charge < -0.3 is 19.9 Å². The molecule has 316 valence electrons. The fourth-order valence-corrected chi connectivity index (χ4v) is 9.29. The van der Waals surface area contributed by atoms with Crippen LogP contribution in [0.4, 0.5) is 10.1 Å². The first-order valence-electron chi connectivity index (χ1n) is 20.5. The molecule has 3 unspecified atom stereocenters. The van der Waals surface area contributed by atoms with Crippen molar-refractivity contribution in [2.75, 3.05) is 37.6 Å². The number of nitriles is 1. The summed E-state index contributed by atoms with van der Waals surface area (Å²) in [7, 11) is 0. The molecule has 3 atom stereocenters. The van der Waals surface area contributed by atoms with Gasteiger partial charge in [0.05, 0.1) is 33.5 Å². The van der Waals surface area contributed by atoms with Gasteiger partial charge in [-0.25, -0.2) is 4.39 Å². The predicted molar refractivity (Wildman–Crippen MR) is 221 cm³/mol. The highest BCUT2D eigenvalue weighted by Crippen LogP contribution is 2.35. The largest absolute Gasteiger partial charge is 0.490 e. The van der Waals surface area contributed by atoms with Crippen LogP contribution in [0.5, 0.6) is 5.75 Å². The molecule has 4 heterocycles. The lowest BCUT2D eigenvalue weighted by Crippen LogP contribution is -2.58. The molecule has 4 fully saturated rings. The summed E-state index contributed by atoms with van der Waals surface area (Å²) in [5, 5.41) is 31.5. The number of rotatable bonds is 10. The molecule has 5 aliphatic rings. The van der Waals surface area contributed by atoms with E-state index in [0.717, 1.165) is 43.2 Å². The number of piperidine rings is 2. The quantitative estimate of drug-likeness (QED) is 0.151. The number of amidine groups is 1. The molecule has 7 rings (SSSR count). The highest BCUT2D eigenvalue weighted by atomic mass is 35.5. The zero-order valence-corrected chi connectivity index (χ0v) is 34.4. The van der Waals surface area contributed by atoms with Crippen molar-refractivity contribution in [2.45, 2.75) is 95.5 Å². The van der Waals surface area contributed by atoms with Crippen molar-refractivity contribution < 1.29 is 33.1 Å². The highest BCUT2D eigenvalue weighted by molar-refractivity contribution is 6.42. The minimum Gasteiger partial charge on any atom is -0.490 e. The van der Waals surface area contributed by atoms with Crippen LogP contribution in [0.15, 0.2) is 42.5 Å². The zero-order valence-electron chi connectivity index (χ0n) is 33.6. The van der Waals surface area contributed by atoms with Crippen molar-refractivity contribution in [3.05, 3.63) is 70.0 Å². The molecule has 1 saturated carbocycles. The molecule has 4 N–H and O–H groups in total. The minimum atomic E-state index is -1.12. The summed E-state index contributed by atoms with van der Waals surface area (Å²) in [5.74, 6) is -2.48. The van der Waals surface area contributed by atoms with E-state index in [-0.39, 0.29) is 65.4 Å². The summed E-state index contributed by atoms with van der Waals surface area (Å²) in [6, 6.07) is 8.40. The van der Waals surface area contributed by atoms with Crippen LogP contribution >= 0.6 is 11.6 Å². The first-order chi connectivity index (χ1) is 28.7. The lowest BCUT2D eigenvalue weighted by Gasteiger charge is -2.47. The molecule has 3 saturated heterocycles. The number of anilines is 1. The highest BCUT2D eigenvalue weighted by Gasteiger charge is 2.46. The summed E-state index contributed by atoms with van der Waals surface area (Å²) in [5.41, 5.74) is 0.361. The average Bonchev–Trinajstić information content (AvgIpc) is 3.45. The van der Waals surface area contributed by atoms with E-state index in [2.05, 4.69) is 29.4 Å². The third-order valence-corrected chi connectivity index (χ3v) is 12.7. The van der Waals surface area contributed by atoms with Crippen molar-refractivity contribution in [1.82, 2.24) is 25.3 Å². The van der Waals surface area contributed by atoms with Gasteiger partial charge in [0.2, 0.25) is 11.8 Å². The third kappa shape index (κ3) is 9.07. The second-order valence-corrected chi connectivity index (χ2v) is 16.9. The molecule has 17 heteroatoms. The van der Waals surface area contributed by atoms with E-state index >= 15 is 4.39 Å². The van der Waals surface area contributed by atoms with Crippen LogP contribution in [0.25, 0.3) is 0 Å². The van der Waals surface area contributed by atoms with Crippen LogP contribution in [-0.2, 0) is 14.4 Å². The summed E-state index contributed by atoms with van der Waals surface area (Å²) in [6.45, 7) is 7.33. The first kappa shape index (κ1) is 42.5. The van der Waals surface area contributed by atoms with E-state index in [1.54, 1.807) is 18.2 Å². The third-order valence-electron chi connectivity index (χ3n) is 12.4. The second-order valence-electron chi connectivity index (χ2n) is 16.5. The monoisotopic (exact) mass is 841 g/mol. The van der Waals surface area contributed by atoms with Crippen molar-refractivity contribution in [3.63, 3.8) is 0 Å². The van der Waals surface area contributed by atoms with Crippen LogP contribution in [0.3, 0.4) is 0 Å². The molecule has 4 aliphatic heterocycles. The summed E-state index contributed by atoms with van der Waals surface area (Å²) >= 11 is 6.13. The van der Waals surface area contributed by atoms with Crippen LogP contribution in [-0.4, -0.2) is 119 Å². The van der Waals surface area contributed by atoms with Crippen LogP contribution < -0.4 is 20.3 Å². The number of ether oxygens (including phenoxy) is 1. The molecule has 0 bridgehead atoms. The molecule has 15 nitrogen and oxygen atoms in total. The molecular formula is C43H49ClFN9O6. The molecule has 2 aromatic rings. The number of nitrogens with one attached hydrogen (secondary N) is 4. The molecule has 0 aromatic heterocycles. The van der Waals surface area contributed by atoms with Gasteiger partial charge >= 0.3 is 0 Å². The maximum Gasteiger partial charge on any atom is 0.269 e. The van der Waals surface area contributed by atoms with E-state index in [9.17, 15) is 24.0 Å². The van der Waals surface area contributed by atoms with Gasteiger partial charge in [0, 0.05) is 63.3 Å². The Labute approximate surface area is 352 Å². The van der Waals surface area contributed by atoms with E-state index in [1.165, 1.54) is 18.2 Å². The Balaban J connectivity index is 0.844. The maximum atomic E-state index is 15.6. The number of likely N-dealkylation sites (tertiary alicyclic amines) is 1. The Morgan fingerprint density at radius 1 is 0.967 bits per heavy atom. The van der Waals surface area contributed by atoms with Gasteiger partial charge in [0.15, 0.2) is 0 Å². The SMILES string of the molecule is CC1CN(c2cc3c(cc2F)C(=O)N(C2CCC(=O)NC2=O)C3=O)CC(C)N1CC1CCN(C(=N)/C=C\C(=N)C(=O)NC2CCC(Oc3ccc(C#N)c(Cl)c3)CC2)CC1. The Kier molecular flexibility index (Phi) is 12.7. The topological polar surface area (TPSA) is 203 Å². The molecule has 2 aromatic carbocycles. The number of carbonyl (C=O) groups excluding carboxylic acids is 5. The van der Waals surface area contributed by atoms with Gasteiger partial charge in [-0.15, -0.1) is 0 Å². The zero-order chi connectivity index (χ0) is 42.8. The van der Waals surface area contributed by atoms with Gasteiger partial charge in [-0.2, -0.15) is 5.26 Å². The summed E-state index contributed by atoms with van der Waals surface area (Å²) in [4.78, 5) is 70.6. The average molecular weight is 842 g/mol. The molecule has 5 amide bonds. The van der Waals surface area contributed by atoms with E-state index in [1.807, 2.05) is 15.9 Å². The number of nitrogens with zero attached hydrogens (tertiary/aromatic N) is 5. The van der Waals surface area contributed by atoms with Gasteiger partial charge in [-0.05, 0) is 101 Å². The van der Waals surface area contributed by atoms with Gasteiger partial charge in [0.25, 0.3) is 17.7 Å². The number of carbonyl (C=O) groups is 5. The Morgan fingerprint density at radius 3 is 2.27 bits per heavy atom. The minimum absolute atomic E-state index is 0.000409. The van der Waals surface area contributed by atoms with Gasteiger partial charge in [-0.3, -0.25) is 49.9 Å². The van der Waals surface area contributed by atoms with Gasteiger partial charge in [0.1, 0.15) is 35.2 Å². The number of amides is 5. The van der Waals surface area contributed by atoms with Gasteiger partial charge in [-0.1, -0.05) is 11.6 Å². The molecule has 60 heavy (non-hydrogen) atoms. The fraction of sp³-hybridized carbons (Fsp3) is 0.488. The standard InChI is InChI=1S/C43H49ClFN9O6/c1-24-21-52(37-19-32-31(18-34(37)45)42(58)54(43(32)59)36-10-12-39(55)50-41(36)57)22-25(2)53(24)23-26-13-15-51(16-14-26)38(48)11-9-35(47)40(56)49-28-4-7-29(8-5-28)60-30-6-3-27(20-46)33(44)17-30/h3,6,9,11,17-19,24-26,28-29,36,47-48H,4-5,7-8,10,12-16,21-23H2,1-2H3,(H,49,56)(H,50,55,57)/b11-9-,47-35?,48-38?. The number of halogens is 2. The van der Waals surface area contributed by atoms with Crippen molar-refractivity contribution in [3.8, 4) is 11.8 Å². The first-order valence-corrected chi connectivity index (χ1v) is 20.9. The van der Waals surface area contributed by atoms with Crippen molar-refractivity contribution in [2.24, 2.45) is 5.92 Å². The number of benzene rings is 2. The second kappa shape index (κ2) is 17.9. The Morgan fingerprint density at radius 2 is 1.63 bits per heavy atom. The fourth-order valence-electron chi connectivity index (χ4n) is 9.07. The van der Waals surface area contributed by atoms with Crippen LogP contribution in [0.1, 0.15) is 91.5 Å². The van der Waals surface area contributed by atoms with E-state index < -0.39 is 41.4 Å². The molecule has 0 radical (unpaired) electrons. The Bertz CT molecular complexity index is 2160. The molecular weight excluding hydrogens is 793 g/mol. The number of piperazine rings is 1. The van der Waals surface area contributed by atoms with E-state index in [4.69, 9.17) is 32.4 Å². The van der Waals surface area contributed by atoms with Crippen molar-refractivity contribution in [1.29, 1.82) is 16.1 Å². The molecule has 1 aliphatic carbocycles. The number of fused-ring (bicyclic) bond motifs is 1. The Hall–Kier alpha value is -5.66. The summed E-state index contributed by atoms with van der Waals surface area (Å²) < 4.78 is 21.7. The van der Waals surface area contributed by atoms with E-state index in [0.29, 0.717) is 61.3 Å². The lowest BCUT2D eigenvalue weighted by molar-refractivity contribution is -0.136. The smallest absolute Gasteiger partial charge is 0.269 e. The number of imide groups is 2. The molecule has 0 spiro atoms. The predicted octanol–water partition coefficient (Wildman–Crippen LogP) is 4.42. The van der Waals surface area contributed by atoms with Crippen LogP contribution in [0.2, 0.25) is 5.02 Å². The number of hydrogen-bond acceptors (Lipinski definition) is 11. The lowest BCUT2D eigenvalue weighted by atomic mass is 9.92. The maximum absolute atomic E-state index is 15.6. The normalized spacial score (nSPS) is 25.2. The summed E-state index contributed by atoms with van der Waals surface area (Å²) in [6.07, 6.45) is 7.42.